The van der Waals surface area contributed by atoms with E-state index >= 15 is 0 Å². The van der Waals surface area contributed by atoms with E-state index in [0.717, 1.165) is 102 Å². The maximum atomic E-state index is 13.1. The number of rotatable bonds is 80. The monoisotopic (exact) mass is 1470 g/mol. The average molecular weight is 1470 g/mol. The first-order valence-corrected chi connectivity index (χ1v) is 45.0. The van der Waals surface area contributed by atoms with Gasteiger partial charge in [-0.3, -0.25) is 37.3 Å². The molecule has 5 atom stereocenters. The standard InChI is InChI=1S/C81H158O17P2/c1-7-9-11-13-15-17-19-20-21-22-23-29-34-40-46-52-58-64-79(84)92-70-77(98-80(85)65-59-53-47-41-35-30-25-24-27-32-37-43-49-55-61-73(3)4)72-96-100(89,90)94-68-75(82)67-93-99(87,88)95-71-76(69-91-78(83)63-57-51-45-39-18-16-14-12-10-8-2)97-81(86)66-60-54-48-42-36-31-26-28-33-38-44-50-56-62-74(5)6/h73-77,82H,7-72H2,1-6H3,(H,87,88)(H,89,90)/t75-,76+,77+/m0/s1. The maximum Gasteiger partial charge on any atom is 0.472 e. The third-order valence-corrected chi connectivity index (χ3v) is 20.9. The molecule has 0 amide bonds. The van der Waals surface area contributed by atoms with Gasteiger partial charge in [0.25, 0.3) is 0 Å². The van der Waals surface area contributed by atoms with Crippen LogP contribution < -0.4 is 0 Å². The lowest BCUT2D eigenvalue weighted by atomic mass is 10.0. The Kier molecular flexibility index (Phi) is 71.2. The Hall–Kier alpha value is -1.94. The quantitative estimate of drug-likeness (QED) is 0.0222. The van der Waals surface area contributed by atoms with Gasteiger partial charge in [0.1, 0.15) is 19.3 Å². The van der Waals surface area contributed by atoms with E-state index in [1.54, 1.807) is 0 Å². The molecular formula is C81H158O17P2. The van der Waals surface area contributed by atoms with E-state index < -0.39 is 97.5 Å². The molecule has 100 heavy (non-hydrogen) atoms. The lowest BCUT2D eigenvalue weighted by molar-refractivity contribution is -0.161. The molecule has 2 unspecified atom stereocenters. The van der Waals surface area contributed by atoms with Crippen molar-refractivity contribution in [2.24, 2.45) is 11.8 Å². The Morgan fingerprint density at radius 2 is 0.460 bits per heavy atom. The Balaban J connectivity index is 5.24. The Labute approximate surface area is 613 Å². The molecule has 0 saturated carbocycles. The van der Waals surface area contributed by atoms with Crippen molar-refractivity contribution in [1.29, 1.82) is 0 Å². The summed E-state index contributed by atoms with van der Waals surface area (Å²) in [7, 11) is -9.92. The zero-order chi connectivity index (χ0) is 73.5. The second-order valence-electron chi connectivity index (χ2n) is 30.1. The molecule has 594 valence electrons. The number of aliphatic hydroxyl groups excluding tert-OH is 1. The van der Waals surface area contributed by atoms with Gasteiger partial charge in [-0.05, 0) is 37.5 Å². The number of hydrogen-bond acceptors (Lipinski definition) is 15. The number of unbranched alkanes of at least 4 members (excludes halogenated alkanes) is 50. The highest BCUT2D eigenvalue weighted by molar-refractivity contribution is 7.47. The molecule has 0 bridgehead atoms. The van der Waals surface area contributed by atoms with E-state index in [-0.39, 0.29) is 25.7 Å². The molecule has 0 aromatic heterocycles. The molecule has 0 aromatic carbocycles. The molecular weight excluding hydrogens is 1310 g/mol. The van der Waals surface area contributed by atoms with E-state index in [1.807, 2.05) is 0 Å². The Morgan fingerprint density at radius 3 is 0.680 bits per heavy atom. The topological polar surface area (TPSA) is 237 Å². The van der Waals surface area contributed by atoms with Crippen LogP contribution in [0.25, 0.3) is 0 Å². The first-order valence-electron chi connectivity index (χ1n) is 42.0. The average Bonchev–Trinajstić information content (AvgIpc) is 0.932. The summed E-state index contributed by atoms with van der Waals surface area (Å²) in [6.45, 7) is 9.67. The summed E-state index contributed by atoms with van der Waals surface area (Å²) in [5, 5.41) is 10.6. The second kappa shape index (κ2) is 72.6. The number of aliphatic hydroxyl groups is 1. The smallest absolute Gasteiger partial charge is 0.462 e. The Morgan fingerprint density at radius 1 is 0.270 bits per heavy atom. The van der Waals surface area contributed by atoms with Gasteiger partial charge in [-0.1, -0.05) is 375 Å². The summed E-state index contributed by atoms with van der Waals surface area (Å²) in [5.74, 6) is -0.525. The highest BCUT2D eigenvalue weighted by Gasteiger charge is 2.30. The number of carbonyl (C=O) groups excluding carboxylic acids is 4. The van der Waals surface area contributed by atoms with Gasteiger partial charge in [-0.15, -0.1) is 0 Å². The molecule has 0 rings (SSSR count). The minimum Gasteiger partial charge on any atom is -0.462 e. The molecule has 0 aliphatic heterocycles. The first-order chi connectivity index (χ1) is 48.4. The number of esters is 4. The van der Waals surface area contributed by atoms with E-state index in [1.165, 1.54) is 244 Å². The number of carbonyl (C=O) groups is 4. The molecule has 0 aromatic rings. The van der Waals surface area contributed by atoms with Gasteiger partial charge in [-0.25, -0.2) is 9.13 Å². The van der Waals surface area contributed by atoms with Crippen molar-refractivity contribution in [2.75, 3.05) is 39.6 Å². The zero-order valence-corrected chi connectivity index (χ0v) is 67.3. The molecule has 0 aliphatic carbocycles. The minimum absolute atomic E-state index is 0.108. The predicted molar refractivity (Wildman–Crippen MR) is 409 cm³/mol. The van der Waals surface area contributed by atoms with Crippen molar-refractivity contribution in [3.63, 3.8) is 0 Å². The van der Waals surface area contributed by atoms with E-state index in [4.69, 9.17) is 37.0 Å². The van der Waals surface area contributed by atoms with Crippen LogP contribution in [0, 0.1) is 11.8 Å². The van der Waals surface area contributed by atoms with Gasteiger partial charge < -0.3 is 33.8 Å². The summed E-state index contributed by atoms with van der Waals surface area (Å²) >= 11 is 0. The molecule has 0 heterocycles. The number of phosphoric acid groups is 2. The van der Waals surface area contributed by atoms with Crippen LogP contribution in [0.1, 0.15) is 427 Å². The molecule has 0 aliphatic rings. The van der Waals surface area contributed by atoms with Crippen molar-refractivity contribution in [3.8, 4) is 0 Å². The predicted octanol–water partition coefficient (Wildman–Crippen LogP) is 24.3. The first kappa shape index (κ1) is 98.1. The molecule has 0 radical (unpaired) electrons. The fourth-order valence-corrected chi connectivity index (χ4v) is 14.1. The number of phosphoric ester groups is 2. The van der Waals surface area contributed by atoms with Crippen molar-refractivity contribution in [3.05, 3.63) is 0 Å². The summed E-state index contributed by atoms with van der Waals surface area (Å²) in [4.78, 5) is 73.0. The van der Waals surface area contributed by atoms with Crippen LogP contribution in [0.15, 0.2) is 0 Å². The zero-order valence-electron chi connectivity index (χ0n) is 65.5. The number of hydrogen-bond donors (Lipinski definition) is 3. The minimum atomic E-state index is -4.96. The molecule has 3 N–H and O–H groups in total. The molecule has 0 spiro atoms. The van der Waals surface area contributed by atoms with Gasteiger partial charge in [0.15, 0.2) is 12.2 Å². The van der Waals surface area contributed by atoms with Crippen molar-refractivity contribution < 1.29 is 80.2 Å². The lowest BCUT2D eigenvalue weighted by Crippen LogP contribution is -2.30. The normalized spacial score (nSPS) is 13.9. The highest BCUT2D eigenvalue weighted by atomic mass is 31.2. The van der Waals surface area contributed by atoms with Gasteiger partial charge >= 0.3 is 39.5 Å². The SMILES string of the molecule is CCCCCCCCCCCCCCCCCCCC(=O)OC[C@H](COP(=O)(O)OC[C@@H](O)COP(=O)(O)OC[C@@H](COC(=O)CCCCCCCCCCCC)OC(=O)CCCCCCCCCCCCCCCC(C)C)OC(=O)CCCCCCCCCCCCCCCCC(C)C. The van der Waals surface area contributed by atoms with Gasteiger partial charge in [-0.2, -0.15) is 0 Å². The van der Waals surface area contributed by atoms with Crippen LogP contribution in [-0.4, -0.2) is 96.7 Å². The van der Waals surface area contributed by atoms with E-state index in [0.29, 0.717) is 25.7 Å². The highest BCUT2D eigenvalue weighted by Crippen LogP contribution is 2.45. The molecule has 17 nitrogen and oxygen atoms in total. The van der Waals surface area contributed by atoms with Crippen molar-refractivity contribution in [1.82, 2.24) is 0 Å². The summed E-state index contributed by atoms with van der Waals surface area (Å²) in [6.07, 6.45) is 62.3. The summed E-state index contributed by atoms with van der Waals surface area (Å²) < 4.78 is 68.7. The largest absolute Gasteiger partial charge is 0.472 e. The summed E-state index contributed by atoms with van der Waals surface area (Å²) in [6, 6.07) is 0. The third kappa shape index (κ3) is 74.3. The van der Waals surface area contributed by atoms with E-state index in [9.17, 15) is 43.2 Å². The third-order valence-electron chi connectivity index (χ3n) is 19.0. The Bertz CT molecular complexity index is 1920. The molecule has 19 heteroatoms. The van der Waals surface area contributed by atoms with Gasteiger partial charge in [0, 0.05) is 25.7 Å². The van der Waals surface area contributed by atoms with Crippen LogP contribution in [0.3, 0.4) is 0 Å². The van der Waals surface area contributed by atoms with E-state index in [2.05, 4.69) is 41.5 Å². The van der Waals surface area contributed by atoms with Crippen molar-refractivity contribution in [2.45, 2.75) is 445 Å². The fourth-order valence-electron chi connectivity index (χ4n) is 12.5. The number of ether oxygens (including phenoxy) is 4. The lowest BCUT2D eigenvalue weighted by Gasteiger charge is -2.21. The fraction of sp³-hybridized carbons (Fsp3) is 0.951. The molecule has 0 saturated heterocycles. The van der Waals surface area contributed by atoms with Gasteiger partial charge in [0.2, 0.25) is 0 Å². The second-order valence-corrected chi connectivity index (χ2v) is 33.0. The molecule has 0 fully saturated rings. The van der Waals surface area contributed by atoms with Crippen LogP contribution in [0.5, 0.6) is 0 Å². The maximum absolute atomic E-state index is 13.1. The van der Waals surface area contributed by atoms with Crippen LogP contribution >= 0.6 is 15.6 Å². The summed E-state index contributed by atoms with van der Waals surface area (Å²) in [5.41, 5.74) is 0. The van der Waals surface area contributed by atoms with Crippen LogP contribution in [0.2, 0.25) is 0 Å². The van der Waals surface area contributed by atoms with Crippen molar-refractivity contribution >= 4 is 39.5 Å². The van der Waals surface area contributed by atoms with Crippen LogP contribution in [0.4, 0.5) is 0 Å². The van der Waals surface area contributed by atoms with Crippen LogP contribution in [-0.2, 0) is 65.4 Å². The van der Waals surface area contributed by atoms with Gasteiger partial charge in [0.05, 0.1) is 26.4 Å².